The van der Waals surface area contributed by atoms with Gasteiger partial charge in [0.1, 0.15) is 5.52 Å². The van der Waals surface area contributed by atoms with Crippen molar-refractivity contribution in [3.05, 3.63) is 200 Å². The monoisotopic (exact) mass is 783 g/mol. The van der Waals surface area contributed by atoms with Crippen LogP contribution in [0.1, 0.15) is 25.0 Å². The van der Waals surface area contributed by atoms with Crippen molar-refractivity contribution in [1.82, 2.24) is 24.5 Å². The third kappa shape index (κ3) is 5.71. The average Bonchev–Trinajstić information content (AvgIpc) is 3.99. The van der Waals surface area contributed by atoms with Crippen molar-refractivity contribution >= 4 is 32.9 Å². The van der Waals surface area contributed by atoms with Gasteiger partial charge >= 0.3 is 0 Å². The molecule has 0 atom stereocenters. The van der Waals surface area contributed by atoms with Gasteiger partial charge in [0.2, 0.25) is 0 Å². The Hall–Kier alpha value is -7.96. The van der Waals surface area contributed by atoms with E-state index in [9.17, 15) is 0 Å². The Kier molecular flexibility index (Phi) is 7.78. The predicted molar refractivity (Wildman–Crippen MR) is 246 cm³/mol. The largest absolute Gasteiger partial charge is 0.443 e. The lowest BCUT2D eigenvalue weighted by molar-refractivity contribution is 0.598. The Labute approximate surface area is 352 Å². The van der Waals surface area contributed by atoms with Crippen LogP contribution in [0, 0.1) is 0 Å². The molecule has 0 bridgehead atoms. The molecule has 0 fully saturated rings. The summed E-state index contributed by atoms with van der Waals surface area (Å²) in [6, 6.07) is 64.4. The summed E-state index contributed by atoms with van der Waals surface area (Å²) in [7, 11) is 0. The van der Waals surface area contributed by atoms with Crippen LogP contribution in [0.4, 0.5) is 0 Å². The number of hydrogen-bond donors (Lipinski definition) is 0. The van der Waals surface area contributed by atoms with E-state index in [1.807, 2.05) is 60.7 Å². The van der Waals surface area contributed by atoms with Crippen LogP contribution in [0.5, 0.6) is 0 Å². The minimum atomic E-state index is -0.195. The summed E-state index contributed by atoms with van der Waals surface area (Å²) in [5, 5.41) is 2.37. The number of fused-ring (bicyclic) bond motifs is 7. The molecule has 1 aliphatic carbocycles. The molecule has 8 aromatic carbocycles. The highest BCUT2D eigenvalue weighted by Gasteiger charge is 2.36. The molecule has 6 heteroatoms. The number of benzene rings is 8. The summed E-state index contributed by atoms with van der Waals surface area (Å²) in [5.74, 6) is 1.90. The molecule has 0 radical (unpaired) electrons. The van der Waals surface area contributed by atoms with Crippen LogP contribution >= 0.6 is 0 Å². The molecule has 11 aromatic rings. The highest BCUT2D eigenvalue weighted by molar-refractivity contribution is 6.12. The van der Waals surface area contributed by atoms with E-state index in [2.05, 4.69) is 145 Å². The van der Waals surface area contributed by atoms with Crippen molar-refractivity contribution in [1.29, 1.82) is 0 Å². The first-order valence-electron chi connectivity index (χ1n) is 20.6. The second kappa shape index (κ2) is 13.5. The topological polar surface area (TPSA) is 69.6 Å². The zero-order valence-electron chi connectivity index (χ0n) is 33.5. The van der Waals surface area contributed by atoms with Crippen molar-refractivity contribution in [3.8, 4) is 73.2 Å². The molecule has 0 saturated carbocycles. The van der Waals surface area contributed by atoms with Crippen LogP contribution in [0.25, 0.3) is 106 Å². The Morgan fingerprint density at radius 1 is 0.426 bits per heavy atom. The van der Waals surface area contributed by atoms with E-state index < -0.39 is 0 Å². The maximum Gasteiger partial charge on any atom is 0.181 e. The van der Waals surface area contributed by atoms with Gasteiger partial charge in [-0.1, -0.05) is 141 Å². The lowest BCUT2D eigenvalue weighted by atomic mass is 9.81. The van der Waals surface area contributed by atoms with Gasteiger partial charge in [-0.25, -0.2) is 19.9 Å². The number of aromatic nitrogens is 5. The van der Waals surface area contributed by atoms with Crippen molar-refractivity contribution in [2.45, 2.75) is 19.3 Å². The summed E-state index contributed by atoms with van der Waals surface area (Å²) >= 11 is 0. The first-order valence-corrected chi connectivity index (χ1v) is 20.6. The van der Waals surface area contributed by atoms with Crippen LogP contribution in [0.3, 0.4) is 0 Å². The highest BCUT2D eigenvalue weighted by Crippen LogP contribution is 2.51. The lowest BCUT2D eigenvalue weighted by Crippen LogP contribution is -2.15. The van der Waals surface area contributed by atoms with Crippen LogP contribution in [-0.4, -0.2) is 24.5 Å². The number of oxazole rings is 1. The quantitative estimate of drug-likeness (QED) is 0.168. The first kappa shape index (κ1) is 35.0. The molecule has 6 nitrogen and oxygen atoms in total. The maximum absolute atomic E-state index is 5.72. The van der Waals surface area contributed by atoms with Crippen LogP contribution in [0.2, 0.25) is 0 Å². The zero-order valence-corrected chi connectivity index (χ0v) is 33.5. The molecule has 0 saturated heterocycles. The van der Waals surface area contributed by atoms with E-state index >= 15 is 0 Å². The fourth-order valence-corrected chi connectivity index (χ4v) is 9.28. The van der Waals surface area contributed by atoms with Gasteiger partial charge in [-0.15, -0.1) is 0 Å². The van der Waals surface area contributed by atoms with Crippen LogP contribution in [0.15, 0.2) is 193 Å². The summed E-state index contributed by atoms with van der Waals surface area (Å²) in [6.07, 6.45) is 1.53. The smallest absolute Gasteiger partial charge is 0.181 e. The van der Waals surface area contributed by atoms with E-state index in [0.29, 0.717) is 17.5 Å². The standard InChI is InChI=1S/C55H37N5O/c1-55(2)46-30-39(21-24-42(46)43-31-48-51(32-47(43)55)61-33-56-48)38-23-26-50-45(29-38)44-28-37(34-13-6-3-7-14-34)22-25-49(44)60(50)41-20-12-19-40(27-41)54-58-52(35-15-8-4-9-16-35)57-53(59-54)36-17-10-5-11-18-36/h3-33H,1-2H3. The van der Waals surface area contributed by atoms with E-state index in [1.54, 1.807) is 0 Å². The lowest BCUT2D eigenvalue weighted by Gasteiger charge is -2.22. The molecule has 0 amide bonds. The van der Waals surface area contributed by atoms with Crippen molar-refractivity contribution in [2.75, 3.05) is 0 Å². The van der Waals surface area contributed by atoms with Gasteiger partial charge in [0, 0.05) is 38.6 Å². The van der Waals surface area contributed by atoms with Crippen LogP contribution < -0.4 is 0 Å². The van der Waals surface area contributed by atoms with E-state index in [4.69, 9.17) is 19.4 Å². The predicted octanol–water partition coefficient (Wildman–Crippen LogP) is 13.8. The van der Waals surface area contributed by atoms with E-state index in [0.717, 1.165) is 44.5 Å². The fraction of sp³-hybridized carbons (Fsp3) is 0.0545. The van der Waals surface area contributed by atoms with Crippen molar-refractivity contribution in [3.63, 3.8) is 0 Å². The molecular formula is C55H37N5O. The number of rotatable bonds is 6. The van der Waals surface area contributed by atoms with Crippen LogP contribution in [-0.2, 0) is 5.41 Å². The molecule has 3 aromatic heterocycles. The van der Waals surface area contributed by atoms with Gasteiger partial charge in [0.15, 0.2) is 29.4 Å². The van der Waals surface area contributed by atoms with Gasteiger partial charge < -0.3 is 8.98 Å². The first-order chi connectivity index (χ1) is 30.0. The molecule has 0 N–H and O–H groups in total. The third-order valence-electron chi connectivity index (χ3n) is 12.4. The van der Waals surface area contributed by atoms with Gasteiger partial charge in [-0.3, -0.25) is 0 Å². The van der Waals surface area contributed by atoms with E-state index in [1.165, 1.54) is 61.7 Å². The Morgan fingerprint density at radius 3 is 1.59 bits per heavy atom. The minimum Gasteiger partial charge on any atom is -0.443 e. The minimum absolute atomic E-state index is 0.195. The second-order valence-electron chi connectivity index (χ2n) is 16.4. The zero-order chi connectivity index (χ0) is 40.7. The normalized spacial score (nSPS) is 12.9. The molecule has 0 unspecified atom stereocenters. The third-order valence-corrected chi connectivity index (χ3v) is 12.4. The summed E-state index contributed by atoms with van der Waals surface area (Å²) in [4.78, 5) is 19.5. The Balaban J connectivity index is 1.02. The van der Waals surface area contributed by atoms with Gasteiger partial charge in [0.05, 0.1) is 11.0 Å². The molecule has 288 valence electrons. The molecule has 12 rings (SSSR count). The molecule has 0 spiro atoms. The number of nitrogens with zero attached hydrogens (tertiary/aromatic N) is 5. The second-order valence-corrected chi connectivity index (χ2v) is 16.4. The highest BCUT2D eigenvalue weighted by atomic mass is 16.3. The summed E-state index contributed by atoms with van der Waals surface area (Å²) in [5.41, 5.74) is 17.3. The fourth-order valence-electron chi connectivity index (χ4n) is 9.28. The average molecular weight is 784 g/mol. The molecule has 3 heterocycles. The van der Waals surface area contributed by atoms with Crippen molar-refractivity contribution in [2.24, 2.45) is 0 Å². The van der Waals surface area contributed by atoms with Crippen molar-refractivity contribution < 1.29 is 4.42 Å². The molecular weight excluding hydrogens is 747 g/mol. The summed E-state index contributed by atoms with van der Waals surface area (Å²) < 4.78 is 8.10. The maximum atomic E-state index is 5.72. The molecule has 61 heavy (non-hydrogen) atoms. The Bertz CT molecular complexity index is 3440. The van der Waals surface area contributed by atoms with E-state index in [-0.39, 0.29) is 5.41 Å². The Morgan fingerprint density at radius 2 is 0.951 bits per heavy atom. The molecule has 1 aliphatic rings. The van der Waals surface area contributed by atoms with Gasteiger partial charge in [-0.2, -0.15) is 0 Å². The molecule has 0 aliphatic heterocycles. The number of hydrogen-bond acceptors (Lipinski definition) is 5. The SMILES string of the molecule is CC1(C)c2cc(-c3ccc4c(c3)c3cc(-c5ccccc5)ccc3n4-c3cccc(-c4nc(-c5ccccc5)nc(-c5ccccc5)n4)c3)ccc2-c2cc3ncoc3cc21. The van der Waals surface area contributed by atoms with Gasteiger partial charge in [-0.05, 0) is 99.1 Å². The summed E-state index contributed by atoms with van der Waals surface area (Å²) in [6.45, 7) is 4.61. The van der Waals surface area contributed by atoms with Gasteiger partial charge in [0.25, 0.3) is 0 Å².